The summed E-state index contributed by atoms with van der Waals surface area (Å²) in [5.41, 5.74) is 0. The molecule has 0 spiro atoms. The first kappa shape index (κ1) is 15.0. The molecule has 0 bridgehead atoms. The molecule has 3 heteroatoms. The van der Waals surface area contributed by atoms with Crippen LogP contribution in [0.3, 0.4) is 0 Å². The van der Waals surface area contributed by atoms with Gasteiger partial charge >= 0.3 is 116 Å². The van der Waals surface area contributed by atoms with Gasteiger partial charge in [0.25, 0.3) is 0 Å². The van der Waals surface area contributed by atoms with Crippen molar-refractivity contribution < 1.29 is 9.53 Å². The summed E-state index contributed by atoms with van der Waals surface area (Å²) in [7, 11) is 0. The van der Waals surface area contributed by atoms with Crippen molar-refractivity contribution in [2.75, 3.05) is 6.61 Å². The molecule has 0 amide bonds. The van der Waals surface area contributed by atoms with E-state index in [1.165, 1.54) is 4.46 Å². The summed E-state index contributed by atoms with van der Waals surface area (Å²) >= 11 is 0.0429. The number of benzene rings is 1. The SMILES string of the molecule is CCCC/C=C(\[Se]c1ccccc1)C(=O)OCC. The van der Waals surface area contributed by atoms with Gasteiger partial charge in [-0.2, -0.15) is 0 Å². The van der Waals surface area contributed by atoms with Crippen LogP contribution < -0.4 is 4.46 Å². The molecule has 18 heavy (non-hydrogen) atoms. The molecule has 0 aliphatic heterocycles. The molecule has 0 fully saturated rings. The van der Waals surface area contributed by atoms with Crippen LogP contribution in [0.4, 0.5) is 0 Å². The molecule has 0 N–H and O–H groups in total. The molecule has 0 saturated carbocycles. The van der Waals surface area contributed by atoms with Crippen molar-refractivity contribution in [2.45, 2.75) is 33.1 Å². The van der Waals surface area contributed by atoms with E-state index in [1.54, 1.807) is 0 Å². The van der Waals surface area contributed by atoms with Crippen molar-refractivity contribution in [1.82, 2.24) is 0 Å². The Morgan fingerprint density at radius 1 is 1.28 bits per heavy atom. The maximum atomic E-state index is 11.9. The van der Waals surface area contributed by atoms with E-state index in [4.69, 9.17) is 4.74 Å². The summed E-state index contributed by atoms with van der Waals surface area (Å²) in [4.78, 5) is 11.9. The summed E-state index contributed by atoms with van der Waals surface area (Å²) in [5, 5.41) is 0. The van der Waals surface area contributed by atoms with Crippen molar-refractivity contribution >= 4 is 25.4 Å². The third-order valence-electron chi connectivity index (χ3n) is 2.34. The zero-order valence-corrected chi connectivity index (χ0v) is 12.7. The van der Waals surface area contributed by atoms with Crippen molar-refractivity contribution in [3.05, 3.63) is 40.9 Å². The van der Waals surface area contributed by atoms with E-state index in [9.17, 15) is 4.79 Å². The number of unbranched alkanes of at least 4 members (excludes halogenated alkanes) is 2. The quantitative estimate of drug-likeness (QED) is 0.335. The molecule has 0 aliphatic rings. The molecule has 0 heterocycles. The topological polar surface area (TPSA) is 26.3 Å². The fraction of sp³-hybridized carbons (Fsp3) is 0.400. The number of carbonyl (C=O) groups excluding carboxylic acids is 1. The number of rotatable bonds is 7. The second-order valence-electron chi connectivity index (χ2n) is 3.85. The fourth-order valence-corrected chi connectivity index (χ4v) is 3.29. The van der Waals surface area contributed by atoms with Gasteiger partial charge in [0, 0.05) is 0 Å². The molecule has 2 nitrogen and oxygen atoms in total. The Balaban J connectivity index is 2.71. The number of esters is 1. The number of ether oxygens (including phenoxy) is 1. The minimum absolute atomic E-state index is 0.0429. The van der Waals surface area contributed by atoms with Crippen LogP contribution in [-0.2, 0) is 9.53 Å². The Morgan fingerprint density at radius 3 is 2.61 bits per heavy atom. The average Bonchev–Trinajstić information content (AvgIpc) is 2.39. The van der Waals surface area contributed by atoms with E-state index < -0.39 is 0 Å². The van der Waals surface area contributed by atoms with Crippen molar-refractivity contribution in [3.8, 4) is 0 Å². The van der Waals surface area contributed by atoms with Crippen LogP contribution in [0.5, 0.6) is 0 Å². The van der Waals surface area contributed by atoms with Gasteiger partial charge in [-0.3, -0.25) is 0 Å². The minimum atomic E-state index is -0.155. The van der Waals surface area contributed by atoms with Gasteiger partial charge in [0.2, 0.25) is 0 Å². The molecular formula is C15H20O2Se. The molecule has 0 radical (unpaired) electrons. The molecule has 0 atom stereocenters. The summed E-state index contributed by atoms with van der Waals surface area (Å²) in [6, 6.07) is 10.1. The molecule has 0 saturated heterocycles. The van der Waals surface area contributed by atoms with E-state index in [0.717, 1.165) is 23.7 Å². The van der Waals surface area contributed by atoms with Crippen LogP contribution in [-0.4, -0.2) is 27.5 Å². The summed E-state index contributed by atoms with van der Waals surface area (Å²) in [5.74, 6) is -0.155. The first-order valence-corrected chi connectivity index (χ1v) is 8.09. The van der Waals surface area contributed by atoms with E-state index in [0.29, 0.717) is 6.61 Å². The maximum absolute atomic E-state index is 11.9. The van der Waals surface area contributed by atoms with Gasteiger partial charge < -0.3 is 0 Å². The van der Waals surface area contributed by atoms with Gasteiger partial charge in [-0.25, -0.2) is 0 Å². The van der Waals surface area contributed by atoms with Crippen molar-refractivity contribution in [3.63, 3.8) is 0 Å². The molecule has 0 aromatic heterocycles. The first-order valence-electron chi connectivity index (χ1n) is 6.38. The number of allylic oxidation sites excluding steroid dienone is 1. The molecule has 1 rings (SSSR count). The normalized spacial score (nSPS) is 11.3. The Morgan fingerprint density at radius 2 is 2.00 bits per heavy atom. The third-order valence-corrected chi connectivity index (χ3v) is 4.56. The Bertz CT molecular complexity index is 385. The van der Waals surface area contributed by atoms with Crippen LogP contribution in [0.2, 0.25) is 0 Å². The first-order chi connectivity index (χ1) is 8.77. The van der Waals surface area contributed by atoms with E-state index in [1.807, 2.05) is 25.1 Å². The molecule has 98 valence electrons. The van der Waals surface area contributed by atoms with E-state index in [-0.39, 0.29) is 20.9 Å². The fourth-order valence-electron chi connectivity index (χ4n) is 1.42. The second kappa shape index (κ2) is 8.96. The summed E-state index contributed by atoms with van der Waals surface area (Å²) in [6.45, 7) is 4.44. The Kier molecular flexibility index (Phi) is 7.47. The molecular weight excluding hydrogens is 291 g/mol. The molecule has 1 aromatic rings. The molecule has 0 aliphatic carbocycles. The van der Waals surface area contributed by atoms with Gasteiger partial charge in [0.1, 0.15) is 0 Å². The van der Waals surface area contributed by atoms with Crippen LogP contribution in [0.25, 0.3) is 0 Å². The Labute approximate surface area is 116 Å². The molecule has 0 unspecified atom stereocenters. The third kappa shape index (κ3) is 5.52. The average molecular weight is 311 g/mol. The van der Waals surface area contributed by atoms with Crippen LogP contribution in [0.1, 0.15) is 33.1 Å². The monoisotopic (exact) mass is 312 g/mol. The zero-order chi connectivity index (χ0) is 13.2. The summed E-state index contributed by atoms with van der Waals surface area (Å²) in [6.07, 6.45) is 5.27. The Hall–Kier alpha value is -1.05. The second-order valence-corrected chi connectivity index (χ2v) is 6.19. The van der Waals surface area contributed by atoms with Gasteiger partial charge in [0.15, 0.2) is 0 Å². The van der Waals surface area contributed by atoms with Crippen LogP contribution in [0.15, 0.2) is 40.9 Å². The van der Waals surface area contributed by atoms with Gasteiger partial charge in [-0.05, 0) is 0 Å². The van der Waals surface area contributed by atoms with Gasteiger partial charge in [-0.1, -0.05) is 0 Å². The van der Waals surface area contributed by atoms with Crippen molar-refractivity contribution in [2.24, 2.45) is 0 Å². The van der Waals surface area contributed by atoms with Crippen LogP contribution >= 0.6 is 0 Å². The van der Waals surface area contributed by atoms with Crippen LogP contribution in [0, 0.1) is 0 Å². The van der Waals surface area contributed by atoms with Gasteiger partial charge in [0.05, 0.1) is 0 Å². The van der Waals surface area contributed by atoms with E-state index >= 15 is 0 Å². The number of hydrogen-bond acceptors (Lipinski definition) is 2. The predicted molar refractivity (Wildman–Crippen MR) is 76.1 cm³/mol. The predicted octanol–water partition coefficient (Wildman–Crippen LogP) is 2.65. The number of carbonyl (C=O) groups is 1. The number of hydrogen-bond donors (Lipinski definition) is 0. The van der Waals surface area contributed by atoms with E-state index in [2.05, 4.69) is 25.1 Å². The molecule has 1 aromatic carbocycles. The zero-order valence-electron chi connectivity index (χ0n) is 11.0. The standard InChI is InChI=1S/C15H20O2Se/c1-3-5-7-12-14(15(16)17-4-2)18-13-10-8-6-9-11-13/h6,8-12H,3-5,7H2,1-2H3/b14-12-. The summed E-state index contributed by atoms with van der Waals surface area (Å²) < 4.78 is 7.16. The van der Waals surface area contributed by atoms with Gasteiger partial charge in [-0.15, -0.1) is 0 Å². The van der Waals surface area contributed by atoms with Crippen molar-refractivity contribution in [1.29, 1.82) is 0 Å².